The van der Waals surface area contributed by atoms with E-state index in [0.717, 1.165) is 15.8 Å². The molecule has 1 aliphatic heterocycles. The molecule has 0 atom stereocenters. The van der Waals surface area contributed by atoms with E-state index in [1.807, 2.05) is 25.1 Å². The number of aromatic nitrogens is 1. The summed E-state index contributed by atoms with van der Waals surface area (Å²) in [5, 5.41) is 0.653. The van der Waals surface area contributed by atoms with E-state index in [4.69, 9.17) is 9.47 Å². The number of piperidine rings is 1. The van der Waals surface area contributed by atoms with E-state index in [1.165, 1.54) is 15.6 Å². The summed E-state index contributed by atoms with van der Waals surface area (Å²) in [5.74, 6) is 0.636. The Morgan fingerprint density at radius 1 is 1.11 bits per heavy atom. The predicted octanol–water partition coefficient (Wildman–Crippen LogP) is 3.85. The zero-order valence-corrected chi connectivity index (χ0v) is 17.4. The zero-order valence-electron chi connectivity index (χ0n) is 15.8. The molecule has 0 radical (unpaired) electrons. The Morgan fingerprint density at radius 3 is 2.46 bits per heavy atom. The highest BCUT2D eigenvalue weighted by molar-refractivity contribution is 7.89. The first kappa shape index (κ1) is 19.2. The third kappa shape index (κ3) is 3.72. The molecular formula is C20H22N2O4S2. The third-order valence-corrected chi connectivity index (χ3v) is 7.79. The van der Waals surface area contributed by atoms with Crippen LogP contribution in [0, 0.1) is 6.92 Å². The van der Waals surface area contributed by atoms with Crippen molar-refractivity contribution in [1.82, 2.24) is 9.29 Å². The highest BCUT2D eigenvalue weighted by atomic mass is 32.2. The van der Waals surface area contributed by atoms with Crippen molar-refractivity contribution in [1.29, 1.82) is 0 Å². The van der Waals surface area contributed by atoms with Crippen LogP contribution in [0.3, 0.4) is 0 Å². The van der Waals surface area contributed by atoms with Gasteiger partial charge >= 0.3 is 0 Å². The van der Waals surface area contributed by atoms with Crippen LogP contribution in [0.2, 0.25) is 0 Å². The highest BCUT2D eigenvalue weighted by Gasteiger charge is 2.30. The fourth-order valence-corrected chi connectivity index (χ4v) is 5.77. The number of para-hydroxylation sites is 1. The number of nitrogens with zero attached hydrogens (tertiary/aromatic N) is 2. The molecule has 0 bridgehead atoms. The maximum atomic E-state index is 12.8. The molecule has 0 saturated carbocycles. The summed E-state index contributed by atoms with van der Waals surface area (Å²) >= 11 is 1.53. The molecule has 8 heteroatoms. The van der Waals surface area contributed by atoms with Crippen molar-refractivity contribution in [3.8, 4) is 10.9 Å². The predicted molar refractivity (Wildman–Crippen MR) is 110 cm³/mol. The van der Waals surface area contributed by atoms with Gasteiger partial charge in [0.05, 0.1) is 22.2 Å². The minimum atomic E-state index is -3.50. The third-order valence-electron chi connectivity index (χ3n) is 4.97. The van der Waals surface area contributed by atoms with Gasteiger partial charge in [-0.15, -0.1) is 0 Å². The Morgan fingerprint density at radius 2 is 1.82 bits per heavy atom. The Hall–Kier alpha value is -2.16. The summed E-state index contributed by atoms with van der Waals surface area (Å²) in [6, 6.07) is 12.6. The minimum Gasteiger partial charge on any atom is -0.497 e. The lowest BCUT2D eigenvalue weighted by molar-refractivity contribution is 0.135. The van der Waals surface area contributed by atoms with Gasteiger partial charge in [0.15, 0.2) is 0 Å². The lowest BCUT2D eigenvalue weighted by Gasteiger charge is -2.30. The summed E-state index contributed by atoms with van der Waals surface area (Å²) in [4.78, 5) is 4.88. The van der Waals surface area contributed by atoms with E-state index in [1.54, 1.807) is 31.4 Å². The maximum absolute atomic E-state index is 12.8. The molecule has 4 rings (SSSR count). The minimum absolute atomic E-state index is 0.0248. The number of hydrogen-bond acceptors (Lipinski definition) is 6. The Labute approximate surface area is 168 Å². The van der Waals surface area contributed by atoms with Gasteiger partial charge in [-0.1, -0.05) is 23.5 Å². The number of ether oxygens (including phenoxy) is 2. The number of rotatable bonds is 5. The highest BCUT2D eigenvalue weighted by Crippen LogP contribution is 2.32. The molecule has 1 saturated heterocycles. The quantitative estimate of drug-likeness (QED) is 0.630. The van der Waals surface area contributed by atoms with Gasteiger partial charge in [-0.2, -0.15) is 4.31 Å². The Kier molecular flexibility index (Phi) is 5.27. The summed E-state index contributed by atoms with van der Waals surface area (Å²) in [7, 11) is -1.94. The first-order valence-corrected chi connectivity index (χ1v) is 11.4. The average molecular weight is 419 g/mol. The van der Waals surface area contributed by atoms with Crippen LogP contribution in [0.4, 0.5) is 0 Å². The van der Waals surface area contributed by atoms with E-state index in [9.17, 15) is 8.42 Å². The first-order valence-electron chi connectivity index (χ1n) is 9.14. The van der Waals surface area contributed by atoms with Gasteiger partial charge in [0.1, 0.15) is 11.9 Å². The van der Waals surface area contributed by atoms with Gasteiger partial charge in [0, 0.05) is 13.1 Å². The van der Waals surface area contributed by atoms with Crippen LogP contribution in [0.5, 0.6) is 10.9 Å². The summed E-state index contributed by atoms with van der Waals surface area (Å²) in [6.45, 7) is 2.90. The van der Waals surface area contributed by atoms with Crippen LogP contribution in [-0.2, 0) is 10.0 Å². The second-order valence-corrected chi connectivity index (χ2v) is 9.73. The molecule has 0 N–H and O–H groups in total. The molecule has 0 spiro atoms. The Balaban J connectivity index is 1.41. The van der Waals surface area contributed by atoms with Crippen molar-refractivity contribution in [2.45, 2.75) is 30.8 Å². The summed E-state index contributed by atoms with van der Waals surface area (Å²) < 4.78 is 39.5. The van der Waals surface area contributed by atoms with Gasteiger partial charge < -0.3 is 9.47 Å². The van der Waals surface area contributed by atoms with Crippen molar-refractivity contribution in [2.75, 3.05) is 20.2 Å². The van der Waals surface area contributed by atoms with Crippen LogP contribution in [0.25, 0.3) is 10.2 Å². The fraction of sp³-hybridized carbons (Fsp3) is 0.350. The molecule has 1 aromatic heterocycles. The van der Waals surface area contributed by atoms with Gasteiger partial charge in [-0.3, -0.25) is 0 Å². The maximum Gasteiger partial charge on any atom is 0.274 e. The van der Waals surface area contributed by atoms with Crippen molar-refractivity contribution in [3.05, 3.63) is 48.0 Å². The van der Waals surface area contributed by atoms with Gasteiger partial charge in [-0.25, -0.2) is 13.4 Å². The summed E-state index contributed by atoms with van der Waals surface area (Å²) in [5.41, 5.74) is 2.10. The van der Waals surface area contributed by atoms with E-state index in [-0.39, 0.29) is 11.0 Å². The molecule has 2 heterocycles. The molecule has 0 aliphatic carbocycles. The molecule has 6 nitrogen and oxygen atoms in total. The molecule has 2 aromatic carbocycles. The van der Waals surface area contributed by atoms with Crippen LogP contribution in [0.15, 0.2) is 47.4 Å². The standard InChI is InChI=1S/C20H22N2O4S2/c1-14-4-3-5-18-19(14)21-20(27-18)26-16-10-12-22(13-11-16)28(23,24)17-8-6-15(25-2)7-9-17/h3-9,16H,10-13H2,1-2H3. The second-order valence-electron chi connectivity index (χ2n) is 6.80. The lowest BCUT2D eigenvalue weighted by Crippen LogP contribution is -2.41. The first-order chi connectivity index (χ1) is 13.5. The number of sulfonamides is 1. The van der Waals surface area contributed by atoms with Gasteiger partial charge in [0.2, 0.25) is 10.0 Å². The average Bonchev–Trinajstić information content (AvgIpc) is 3.12. The molecule has 0 unspecified atom stereocenters. The Bertz CT molecular complexity index is 1070. The molecular weight excluding hydrogens is 396 g/mol. The largest absolute Gasteiger partial charge is 0.497 e. The number of fused-ring (bicyclic) bond motifs is 1. The number of methoxy groups -OCH3 is 1. The lowest BCUT2D eigenvalue weighted by atomic mass is 10.1. The second kappa shape index (κ2) is 7.69. The smallest absolute Gasteiger partial charge is 0.274 e. The normalized spacial score (nSPS) is 16.4. The fourth-order valence-electron chi connectivity index (χ4n) is 3.35. The van der Waals surface area contributed by atoms with Crippen molar-refractivity contribution >= 4 is 31.6 Å². The van der Waals surface area contributed by atoms with Gasteiger partial charge in [0.25, 0.3) is 5.19 Å². The number of thiazole rings is 1. The van der Waals surface area contributed by atoms with E-state index >= 15 is 0 Å². The van der Waals surface area contributed by atoms with Crippen LogP contribution in [0.1, 0.15) is 18.4 Å². The van der Waals surface area contributed by atoms with Crippen molar-refractivity contribution < 1.29 is 17.9 Å². The van der Waals surface area contributed by atoms with Crippen LogP contribution in [-0.4, -0.2) is 44.0 Å². The number of benzene rings is 2. The molecule has 3 aromatic rings. The molecule has 28 heavy (non-hydrogen) atoms. The van der Waals surface area contributed by atoms with E-state index in [0.29, 0.717) is 36.9 Å². The van der Waals surface area contributed by atoms with E-state index < -0.39 is 10.0 Å². The molecule has 1 aliphatic rings. The molecule has 0 amide bonds. The molecule has 148 valence electrons. The summed E-state index contributed by atoms with van der Waals surface area (Å²) in [6.07, 6.45) is 1.26. The molecule has 1 fully saturated rings. The van der Waals surface area contributed by atoms with Crippen molar-refractivity contribution in [3.63, 3.8) is 0 Å². The number of hydrogen-bond donors (Lipinski definition) is 0. The van der Waals surface area contributed by atoms with Crippen LogP contribution < -0.4 is 9.47 Å². The zero-order chi connectivity index (χ0) is 19.7. The van der Waals surface area contributed by atoms with Crippen LogP contribution >= 0.6 is 11.3 Å². The van der Waals surface area contributed by atoms with E-state index in [2.05, 4.69) is 4.98 Å². The monoisotopic (exact) mass is 418 g/mol. The van der Waals surface area contributed by atoms with Gasteiger partial charge in [-0.05, 0) is 55.7 Å². The number of aryl methyl sites for hydroxylation is 1. The SMILES string of the molecule is COc1ccc(S(=O)(=O)N2CCC(Oc3nc4c(C)cccc4s3)CC2)cc1. The van der Waals surface area contributed by atoms with Crippen molar-refractivity contribution in [2.24, 2.45) is 0 Å². The topological polar surface area (TPSA) is 68.7 Å².